The molecule has 1 amide bonds. The Morgan fingerprint density at radius 3 is 2.57 bits per heavy atom. The summed E-state index contributed by atoms with van der Waals surface area (Å²) in [5, 5.41) is 7.47. The van der Waals surface area contributed by atoms with Crippen molar-refractivity contribution in [3.05, 3.63) is 30.7 Å². The smallest absolute Gasteiger partial charge is 0.260 e. The zero-order valence-electron chi connectivity index (χ0n) is 13.1. The average Bonchev–Trinajstić information content (AvgIpc) is 3.06. The van der Waals surface area contributed by atoms with Crippen LogP contribution in [0.5, 0.6) is 5.75 Å². The molecular weight excluding hydrogens is 298 g/mol. The predicted octanol–water partition coefficient (Wildman–Crippen LogP) is 1.75. The van der Waals surface area contributed by atoms with E-state index in [4.69, 9.17) is 13.9 Å². The Morgan fingerprint density at radius 1 is 1.26 bits per heavy atom. The number of hydrogen-bond donors (Lipinski definition) is 0. The lowest BCUT2D eigenvalue weighted by atomic mass is 10.2. The number of morpholine rings is 1. The molecule has 0 radical (unpaired) electrons. The third kappa shape index (κ3) is 3.87. The minimum Gasteiger partial charge on any atom is -0.484 e. The summed E-state index contributed by atoms with van der Waals surface area (Å²) in [6.45, 7) is 5.14. The van der Waals surface area contributed by atoms with Crippen molar-refractivity contribution in [1.29, 1.82) is 0 Å². The first-order valence-corrected chi connectivity index (χ1v) is 7.54. The zero-order valence-corrected chi connectivity index (χ0v) is 13.1. The molecule has 2 atom stereocenters. The van der Waals surface area contributed by atoms with E-state index in [1.807, 2.05) is 26.0 Å². The standard InChI is InChI=1S/C16H19N3O4/c1-11-7-19(8-12(2)23-11)15(20)9-21-14-5-3-13(4-6-14)16-18-17-10-22-16/h3-6,10-12H,7-9H2,1-2H3. The number of rotatable bonds is 4. The molecule has 23 heavy (non-hydrogen) atoms. The molecule has 2 aromatic rings. The van der Waals surface area contributed by atoms with Crippen LogP contribution in [0, 0.1) is 0 Å². The van der Waals surface area contributed by atoms with Gasteiger partial charge in [-0.25, -0.2) is 0 Å². The minimum absolute atomic E-state index is 0.0132. The molecule has 1 saturated heterocycles. The Bertz CT molecular complexity index is 632. The van der Waals surface area contributed by atoms with Crippen LogP contribution in [0.4, 0.5) is 0 Å². The van der Waals surface area contributed by atoms with Crippen LogP contribution < -0.4 is 4.74 Å². The summed E-state index contributed by atoms with van der Waals surface area (Å²) in [6.07, 6.45) is 1.38. The maximum atomic E-state index is 12.2. The van der Waals surface area contributed by atoms with E-state index in [-0.39, 0.29) is 24.7 Å². The van der Waals surface area contributed by atoms with Gasteiger partial charge in [0.1, 0.15) is 5.75 Å². The second-order valence-electron chi connectivity index (χ2n) is 5.61. The minimum atomic E-state index is -0.0343. The summed E-state index contributed by atoms with van der Waals surface area (Å²) < 4.78 is 16.3. The van der Waals surface area contributed by atoms with Gasteiger partial charge >= 0.3 is 0 Å². The van der Waals surface area contributed by atoms with Gasteiger partial charge < -0.3 is 18.8 Å². The van der Waals surface area contributed by atoms with E-state index in [1.165, 1.54) is 6.39 Å². The quantitative estimate of drug-likeness (QED) is 0.855. The van der Waals surface area contributed by atoms with Gasteiger partial charge in [0.15, 0.2) is 6.61 Å². The molecule has 1 fully saturated rings. The Kier molecular flexibility index (Phi) is 4.57. The fraction of sp³-hybridized carbons (Fsp3) is 0.438. The maximum Gasteiger partial charge on any atom is 0.260 e. The Balaban J connectivity index is 1.54. The van der Waals surface area contributed by atoms with Crippen LogP contribution in [0.25, 0.3) is 11.5 Å². The Labute approximate surface area is 134 Å². The third-order valence-electron chi connectivity index (χ3n) is 3.60. The largest absolute Gasteiger partial charge is 0.484 e. The van der Waals surface area contributed by atoms with Gasteiger partial charge in [0.05, 0.1) is 12.2 Å². The fourth-order valence-corrected chi connectivity index (χ4v) is 2.61. The van der Waals surface area contributed by atoms with Gasteiger partial charge in [-0.1, -0.05) is 0 Å². The van der Waals surface area contributed by atoms with E-state index in [0.29, 0.717) is 24.7 Å². The van der Waals surface area contributed by atoms with E-state index in [9.17, 15) is 4.79 Å². The number of aromatic nitrogens is 2. The summed E-state index contributed by atoms with van der Waals surface area (Å²) in [5.41, 5.74) is 0.803. The molecule has 0 aliphatic carbocycles. The van der Waals surface area contributed by atoms with Crippen LogP contribution in [-0.4, -0.2) is 52.9 Å². The van der Waals surface area contributed by atoms with E-state index in [1.54, 1.807) is 17.0 Å². The molecule has 1 aliphatic heterocycles. The normalized spacial score (nSPS) is 21.2. The summed E-state index contributed by atoms with van der Waals surface area (Å²) in [5.74, 6) is 1.04. The molecule has 0 spiro atoms. The Hall–Kier alpha value is -2.41. The number of benzene rings is 1. The number of hydrogen-bond acceptors (Lipinski definition) is 6. The molecule has 7 nitrogen and oxygen atoms in total. The van der Waals surface area contributed by atoms with Gasteiger partial charge in [-0.15, -0.1) is 10.2 Å². The van der Waals surface area contributed by atoms with Gasteiger partial charge in [-0.3, -0.25) is 4.79 Å². The van der Waals surface area contributed by atoms with Crippen molar-refractivity contribution in [2.45, 2.75) is 26.1 Å². The molecule has 1 aromatic heterocycles. The average molecular weight is 317 g/mol. The van der Waals surface area contributed by atoms with Crippen LogP contribution in [0.15, 0.2) is 35.1 Å². The SMILES string of the molecule is CC1CN(C(=O)COc2ccc(-c3nnco3)cc2)CC(C)O1. The highest BCUT2D eigenvalue weighted by atomic mass is 16.5. The first-order chi connectivity index (χ1) is 11.1. The molecule has 0 bridgehead atoms. The summed E-state index contributed by atoms with van der Waals surface area (Å²) >= 11 is 0. The van der Waals surface area contributed by atoms with Crippen molar-refractivity contribution in [3.8, 4) is 17.2 Å². The second kappa shape index (κ2) is 6.78. The van der Waals surface area contributed by atoms with Crippen molar-refractivity contribution in [2.75, 3.05) is 19.7 Å². The second-order valence-corrected chi connectivity index (χ2v) is 5.61. The van der Waals surface area contributed by atoms with Crippen molar-refractivity contribution in [1.82, 2.24) is 15.1 Å². The molecular formula is C16H19N3O4. The number of carbonyl (C=O) groups excluding carboxylic acids is 1. The first-order valence-electron chi connectivity index (χ1n) is 7.54. The molecule has 1 aliphatic rings. The summed E-state index contributed by atoms with van der Waals surface area (Å²) in [7, 11) is 0. The lowest BCUT2D eigenvalue weighted by Gasteiger charge is -2.35. The molecule has 1 aromatic carbocycles. The highest BCUT2D eigenvalue weighted by molar-refractivity contribution is 5.78. The zero-order chi connectivity index (χ0) is 16.2. The number of carbonyl (C=O) groups is 1. The van der Waals surface area contributed by atoms with Crippen molar-refractivity contribution >= 4 is 5.91 Å². The predicted molar refractivity (Wildman–Crippen MR) is 81.8 cm³/mol. The molecule has 2 unspecified atom stereocenters. The van der Waals surface area contributed by atoms with Gasteiger partial charge in [-0.2, -0.15) is 0 Å². The van der Waals surface area contributed by atoms with E-state index < -0.39 is 0 Å². The third-order valence-corrected chi connectivity index (χ3v) is 3.60. The molecule has 7 heteroatoms. The van der Waals surface area contributed by atoms with Crippen molar-refractivity contribution in [3.63, 3.8) is 0 Å². The van der Waals surface area contributed by atoms with Crippen molar-refractivity contribution < 1.29 is 18.7 Å². The number of ether oxygens (including phenoxy) is 2. The highest BCUT2D eigenvalue weighted by Gasteiger charge is 2.25. The maximum absolute atomic E-state index is 12.2. The van der Waals surface area contributed by atoms with Gasteiger partial charge in [0.25, 0.3) is 5.91 Å². The first kappa shape index (κ1) is 15.5. The van der Waals surface area contributed by atoms with Crippen LogP contribution in [0.3, 0.4) is 0 Å². The Morgan fingerprint density at radius 2 is 1.96 bits per heavy atom. The molecule has 0 N–H and O–H groups in total. The van der Waals surface area contributed by atoms with Crippen LogP contribution >= 0.6 is 0 Å². The fourth-order valence-electron chi connectivity index (χ4n) is 2.61. The lowest BCUT2D eigenvalue weighted by molar-refractivity contribution is -0.145. The topological polar surface area (TPSA) is 77.7 Å². The summed E-state index contributed by atoms with van der Waals surface area (Å²) in [6, 6.07) is 7.17. The van der Waals surface area contributed by atoms with E-state index >= 15 is 0 Å². The lowest BCUT2D eigenvalue weighted by Crippen LogP contribution is -2.49. The highest BCUT2D eigenvalue weighted by Crippen LogP contribution is 2.20. The van der Waals surface area contributed by atoms with Gasteiger partial charge in [0.2, 0.25) is 12.3 Å². The molecule has 0 saturated carbocycles. The van der Waals surface area contributed by atoms with E-state index in [2.05, 4.69) is 10.2 Å². The summed E-state index contributed by atoms with van der Waals surface area (Å²) in [4.78, 5) is 14.0. The number of nitrogens with zero attached hydrogens (tertiary/aromatic N) is 3. The monoisotopic (exact) mass is 317 g/mol. The molecule has 3 rings (SSSR count). The van der Waals surface area contributed by atoms with Crippen LogP contribution in [-0.2, 0) is 9.53 Å². The van der Waals surface area contributed by atoms with Gasteiger partial charge in [0, 0.05) is 18.7 Å². The van der Waals surface area contributed by atoms with Gasteiger partial charge in [-0.05, 0) is 38.1 Å². The van der Waals surface area contributed by atoms with Crippen LogP contribution in [0.2, 0.25) is 0 Å². The van der Waals surface area contributed by atoms with E-state index in [0.717, 1.165) is 5.56 Å². The number of amides is 1. The molecule has 2 heterocycles. The van der Waals surface area contributed by atoms with Crippen LogP contribution in [0.1, 0.15) is 13.8 Å². The molecule has 122 valence electrons. The van der Waals surface area contributed by atoms with Crippen molar-refractivity contribution in [2.24, 2.45) is 0 Å².